The fourth-order valence-corrected chi connectivity index (χ4v) is 4.81. The Hall–Kier alpha value is -4.69. The lowest BCUT2D eigenvalue weighted by Crippen LogP contribution is -2.13. The first kappa shape index (κ1) is 27.3. The predicted molar refractivity (Wildman–Crippen MR) is 154 cm³/mol. The number of benzene rings is 3. The average molecular weight is 541 g/mol. The monoisotopic (exact) mass is 540 g/mol. The van der Waals surface area contributed by atoms with Crippen molar-refractivity contribution in [1.82, 2.24) is 0 Å². The average Bonchev–Trinajstić information content (AvgIpc) is 3.28. The van der Waals surface area contributed by atoms with Crippen LogP contribution in [0.25, 0.3) is 6.08 Å². The van der Waals surface area contributed by atoms with E-state index >= 15 is 0 Å². The Labute approximate surface area is 231 Å². The molecular weight excluding hydrogens is 512 g/mol. The number of para-hydroxylation sites is 1. The lowest BCUT2D eigenvalue weighted by Gasteiger charge is -2.06. The molecule has 2 amide bonds. The third-order valence-electron chi connectivity index (χ3n) is 5.66. The van der Waals surface area contributed by atoms with E-state index in [1.54, 1.807) is 32.1 Å². The summed E-state index contributed by atoms with van der Waals surface area (Å²) in [6, 6.07) is 26.2. The quantitative estimate of drug-likeness (QED) is 0.172. The third-order valence-corrected chi connectivity index (χ3v) is 6.86. The largest absolute Gasteiger partial charge is 0.489 e. The SMILES string of the molecule is CCOC(=O)c1c(NC(=O)/C=C/c2ccc(OCc3ccccc3)cc2)sc(C(=O)Nc2ccccc2)c1C. The van der Waals surface area contributed by atoms with Gasteiger partial charge in [0.25, 0.3) is 5.91 Å². The van der Waals surface area contributed by atoms with Crippen molar-refractivity contribution in [2.75, 3.05) is 17.2 Å². The highest BCUT2D eigenvalue weighted by Crippen LogP contribution is 2.34. The molecule has 0 spiro atoms. The normalized spacial score (nSPS) is 10.7. The van der Waals surface area contributed by atoms with E-state index in [1.807, 2.05) is 72.8 Å². The van der Waals surface area contributed by atoms with Crippen LogP contribution < -0.4 is 15.4 Å². The van der Waals surface area contributed by atoms with Gasteiger partial charge in [-0.1, -0.05) is 60.7 Å². The molecule has 2 N–H and O–H groups in total. The second-order valence-electron chi connectivity index (χ2n) is 8.47. The number of rotatable bonds is 10. The first-order valence-corrected chi connectivity index (χ1v) is 13.2. The third kappa shape index (κ3) is 7.43. The molecule has 0 fully saturated rings. The van der Waals surface area contributed by atoms with Crippen molar-refractivity contribution in [3.63, 3.8) is 0 Å². The lowest BCUT2D eigenvalue weighted by molar-refractivity contribution is -0.111. The Bertz CT molecular complexity index is 1460. The number of esters is 1. The number of ether oxygens (including phenoxy) is 2. The van der Waals surface area contributed by atoms with Crippen LogP contribution in [0.15, 0.2) is 91.0 Å². The van der Waals surface area contributed by atoms with Gasteiger partial charge in [-0.15, -0.1) is 11.3 Å². The molecule has 0 aliphatic carbocycles. The summed E-state index contributed by atoms with van der Waals surface area (Å²) >= 11 is 1.03. The van der Waals surface area contributed by atoms with Gasteiger partial charge in [0.05, 0.1) is 17.0 Å². The van der Waals surface area contributed by atoms with Crippen molar-refractivity contribution >= 4 is 45.9 Å². The zero-order chi connectivity index (χ0) is 27.6. The van der Waals surface area contributed by atoms with Crippen LogP contribution in [0.4, 0.5) is 10.7 Å². The highest BCUT2D eigenvalue weighted by Gasteiger charge is 2.26. The molecule has 198 valence electrons. The predicted octanol–water partition coefficient (Wildman–Crippen LogP) is 6.72. The van der Waals surface area contributed by atoms with Gasteiger partial charge >= 0.3 is 5.97 Å². The minimum atomic E-state index is -0.601. The maximum atomic E-state index is 12.9. The van der Waals surface area contributed by atoms with Crippen molar-refractivity contribution < 1.29 is 23.9 Å². The Morgan fingerprint density at radius 2 is 1.54 bits per heavy atom. The topological polar surface area (TPSA) is 93.7 Å². The van der Waals surface area contributed by atoms with Crippen LogP contribution in [0.1, 0.15) is 43.6 Å². The Kier molecular flexibility index (Phi) is 9.26. The number of anilines is 2. The molecule has 1 aromatic heterocycles. The number of thiophene rings is 1. The zero-order valence-corrected chi connectivity index (χ0v) is 22.4. The second-order valence-corrected chi connectivity index (χ2v) is 9.49. The molecule has 39 heavy (non-hydrogen) atoms. The zero-order valence-electron chi connectivity index (χ0n) is 21.6. The second kappa shape index (κ2) is 13.2. The van der Waals surface area contributed by atoms with Gasteiger partial charge in [-0.3, -0.25) is 9.59 Å². The van der Waals surface area contributed by atoms with E-state index in [-0.39, 0.29) is 23.1 Å². The van der Waals surface area contributed by atoms with Crippen LogP contribution in [0, 0.1) is 6.92 Å². The van der Waals surface area contributed by atoms with Gasteiger partial charge < -0.3 is 20.1 Å². The molecule has 8 heteroatoms. The summed E-state index contributed by atoms with van der Waals surface area (Å²) in [5.74, 6) is -0.702. The van der Waals surface area contributed by atoms with Crippen LogP contribution in [0.2, 0.25) is 0 Å². The smallest absolute Gasteiger partial charge is 0.341 e. The lowest BCUT2D eigenvalue weighted by atomic mass is 10.1. The van der Waals surface area contributed by atoms with Gasteiger partial charge in [0.1, 0.15) is 17.4 Å². The van der Waals surface area contributed by atoms with E-state index in [9.17, 15) is 14.4 Å². The summed E-state index contributed by atoms with van der Waals surface area (Å²) in [6.07, 6.45) is 3.03. The molecule has 1 heterocycles. The van der Waals surface area contributed by atoms with Gasteiger partial charge in [-0.05, 0) is 60.9 Å². The van der Waals surface area contributed by atoms with Crippen molar-refractivity contribution in [2.24, 2.45) is 0 Å². The first-order valence-electron chi connectivity index (χ1n) is 12.4. The number of carbonyl (C=O) groups excluding carboxylic acids is 3. The Morgan fingerprint density at radius 3 is 2.21 bits per heavy atom. The van der Waals surface area contributed by atoms with Gasteiger partial charge in [-0.2, -0.15) is 0 Å². The summed E-state index contributed by atoms with van der Waals surface area (Å²) in [5, 5.41) is 5.81. The summed E-state index contributed by atoms with van der Waals surface area (Å²) in [4.78, 5) is 38.7. The van der Waals surface area contributed by atoms with E-state index in [2.05, 4.69) is 10.6 Å². The summed E-state index contributed by atoms with van der Waals surface area (Å²) in [5.41, 5.74) is 3.11. The van der Waals surface area contributed by atoms with Gasteiger partial charge in [0.2, 0.25) is 5.91 Å². The van der Waals surface area contributed by atoms with Crippen molar-refractivity contribution in [3.8, 4) is 5.75 Å². The molecule has 0 aliphatic rings. The van der Waals surface area contributed by atoms with Crippen LogP contribution in [0.3, 0.4) is 0 Å². The first-order chi connectivity index (χ1) is 18.9. The molecule has 0 radical (unpaired) electrons. The highest BCUT2D eigenvalue weighted by molar-refractivity contribution is 7.19. The fraction of sp³-hybridized carbons (Fsp3) is 0.129. The summed E-state index contributed by atoms with van der Waals surface area (Å²) < 4.78 is 11.0. The molecule has 0 saturated heterocycles. The summed E-state index contributed by atoms with van der Waals surface area (Å²) in [7, 11) is 0. The van der Waals surface area contributed by atoms with Crippen molar-refractivity contribution in [1.29, 1.82) is 0 Å². The number of hydrogen-bond donors (Lipinski definition) is 2. The molecule has 0 atom stereocenters. The Morgan fingerprint density at radius 1 is 0.872 bits per heavy atom. The van der Waals surface area contributed by atoms with Gasteiger partial charge in [0.15, 0.2) is 0 Å². The van der Waals surface area contributed by atoms with E-state index < -0.39 is 11.9 Å². The van der Waals surface area contributed by atoms with Crippen LogP contribution in [-0.4, -0.2) is 24.4 Å². The molecule has 3 aromatic carbocycles. The minimum absolute atomic E-state index is 0.165. The maximum Gasteiger partial charge on any atom is 0.341 e. The molecule has 0 bridgehead atoms. The molecule has 0 aliphatic heterocycles. The van der Waals surface area contributed by atoms with Crippen LogP contribution >= 0.6 is 11.3 Å². The van der Waals surface area contributed by atoms with Gasteiger partial charge in [-0.25, -0.2) is 4.79 Å². The highest BCUT2D eigenvalue weighted by atomic mass is 32.1. The molecule has 0 unspecified atom stereocenters. The number of amides is 2. The van der Waals surface area contributed by atoms with Crippen LogP contribution in [-0.2, 0) is 16.1 Å². The summed E-state index contributed by atoms with van der Waals surface area (Å²) in [6.45, 7) is 3.99. The fourth-order valence-electron chi connectivity index (χ4n) is 3.72. The number of carbonyl (C=O) groups is 3. The number of nitrogens with one attached hydrogen (secondary N) is 2. The molecule has 4 aromatic rings. The van der Waals surface area contributed by atoms with Gasteiger partial charge in [0, 0.05) is 11.8 Å². The molecule has 0 saturated carbocycles. The molecule has 4 rings (SSSR count). The van der Waals surface area contributed by atoms with Crippen molar-refractivity contribution in [2.45, 2.75) is 20.5 Å². The Balaban J connectivity index is 1.44. The molecule has 7 nitrogen and oxygen atoms in total. The van der Waals surface area contributed by atoms with E-state index in [1.165, 1.54) is 6.08 Å². The van der Waals surface area contributed by atoms with Crippen molar-refractivity contribution in [3.05, 3.63) is 118 Å². The number of hydrogen-bond acceptors (Lipinski definition) is 6. The minimum Gasteiger partial charge on any atom is -0.489 e. The van der Waals surface area contributed by atoms with Crippen LogP contribution in [0.5, 0.6) is 5.75 Å². The van der Waals surface area contributed by atoms with E-state index in [0.29, 0.717) is 22.7 Å². The molecular formula is C31H28N2O5S. The maximum absolute atomic E-state index is 12.9. The standard InChI is InChI=1S/C31H28N2O5S/c1-3-37-31(36)27-21(2)28(29(35)32-24-12-8-5-9-13-24)39-30(27)33-26(34)19-16-22-14-17-25(18-15-22)38-20-23-10-6-4-7-11-23/h4-19H,3,20H2,1-2H3,(H,32,35)(H,33,34)/b19-16+. The van der Waals surface area contributed by atoms with E-state index in [4.69, 9.17) is 9.47 Å². The van der Waals surface area contributed by atoms with E-state index in [0.717, 1.165) is 28.2 Å².